The zero-order valence-electron chi connectivity index (χ0n) is 41.8. The number of aliphatic hydroxyl groups is 2. The zero-order valence-corrected chi connectivity index (χ0v) is 41.8. The second kappa shape index (κ2) is 50.3. The molecule has 0 spiro atoms. The molecular weight excluding hydrogens is 767 g/mol. The first kappa shape index (κ1) is 60.3. The molecule has 0 rings (SSSR count). The minimum Gasteiger partial charge on any atom is -0.462 e. The average Bonchev–Trinajstić information content (AvgIpc) is 3.26. The van der Waals surface area contributed by atoms with E-state index in [1.54, 1.807) is 0 Å². The molecule has 0 aliphatic carbocycles. The van der Waals surface area contributed by atoms with E-state index in [2.05, 4.69) is 50.4 Å². The van der Waals surface area contributed by atoms with Gasteiger partial charge in [-0.15, -0.1) is 0 Å². The maximum absolute atomic E-state index is 13.2. The normalized spacial score (nSPS) is 13.3. The van der Waals surface area contributed by atoms with Gasteiger partial charge >= 0.3 is 5.97 Å². The predicted octanol–water partition coefficient (Wildman–Crippen LogP) is 16.7. The third-order valence-electron chi connectivity index (χ3n) is 12.8. The molecule has 3 atom stereocenters. The van der Waals surface area contributed by atoms with Crippen LogP contribution in [0.2, 0.25) is 0 Å². The number of hydrogen-bond acceptors (Lipinski definition) is 5. The van der Waals surface area contributed by atoms with Crippen molar-refractivity contribution in [1.82, 2.24) is 5.32 Å². The van der Waals surface area contributed by atoms with E-state index in [1.165, 1.54) is 186 Å². The highest BCUT2D eigenvalue weighted by molar-refractivity contribution is 5.77. The number of carbonyl (C=O) groups excluding carboxylic acids is 2. The minimum atomic E-state index is -0.791. The Balaban J connectivity index is 4.59. The number of allylic oxidation sites excluding steroid dienone is 4. The van der Waals surface area contributed by atoms with Gasteiger partial charge in [0.1, 0.15) is 6.10 Å². The van der Waals surface area contributed by atoms with Crippen LogP contribution in [-0.2, 0) is 14.3 Å². The number of amides is 1. The van der Waals surface area contributed by atoms with Gasteiger partial charge in [-0.3, -0.25) is 9.59 Å². The Kier molecular flexibility index (Phi) is 49.0. The first-order chi connectivity index (χ1) is 30.5. The van der Waals surface area contributed by atoms with E-state index in [4.69, 9.17) is 4.74 Å². The van der Waals surface area contributed by atoms with Gasteiger partial charge in [-0.25, -0.2) is 0 Å². The van der Waals surface area contributed by atoms with Crippen LogP contribution in [0.3, 0.4) is 0 Å². The van der Waals surface area contributed by atoms with Crippen molar-refractivity contribution < 1.29 is 24.5 Å². The lowest BCUT2D eigenvalue weighted by Crippen LogP contribution is -2.46. The summed E-state index contributed by atoms with van der Waals surface area (Å²) >= 11 is 0. The maximum atomic E-state index is 13.2. The van der Waals surface area contributed by atoms with Crippen LogP contribution in [0.25, 0.3) is 0 Å². The minimum absolute atomic E-state index is 0.0654. The molecule has 6 heteroatoms. The third kappa shape index (κ3) is 44.9. The maximum Gasteiger partial charge on any atom is 0.306 e. The van der Waals surface area contributed by atoms with Crippen LogP contribution in [0.1, 0.15) is 297 Å². The van der Waals surface area contributed by atoms with Crippen LogP contribution in [-0.4, -0.2) is 46.9 Å². The molecule has 3 unspecified atom stereocenters. The highest BCUT2D eigenvalue weighted by Crippen LogP contribution is 2.18. The smallest absolute Gasteiger partial charge is 0.306 e. The van der Waals surface area contributed by atoms with Crippen molar-refractivity contribution in [3.8, 4) is 0 Å². The van der Waals surface area contributed by atoms with Gasteiger partial charge in [-0.1, -0.05) is 257 Å². The summed E-state index contributed by atoms with van der Waals surface area (Å²) in [6.07, 6.45) is 58.1. The Morgan fingerprint density at radius 3 is 1.21 bits per heavy atom. The summed E-state index contributed by atoms with van der Waals surface area (Å²) < 4.78 is 5.94. The molecule has 3 N–H and O–H groups in total. The molecule has 1 amide bonds. The Labute approximate surface area is 386 Å². The third-order valence-corrected chi connectivity index (χ3v) is 12.8. The lowest BCUT2D eigenvalue weighted by atomic mass is 10.0. The van der Waals surface area contributed by atoms with Crippen LogP contribution in [0.4, 0.5) is 0 Å². The number of ether oxygens (including phenoxy) is 1. The van der Waals surface area contributed by atoms with Crippen molar-refractivity contribution in [2.24, 2.45) is 0 Å². The first-order valence-corrected chi connectivity index (χ1v) is 27.6. The van der Waals surface area contributed by atoms with E-state index in [9.17, 15) is 19.8 Å². The zero-order chi connectivity index (χ0) is 45.2. The van der Waals surface area contributed by atoms with E-state index >= 15 is 0 Å². The highest BCUT2D eigenvalue weighted by Gasteiger charge is 2.24. The first-order valence-electron chi connectivity index (χ1n) is 27.6. The molecule has 0 bridgehead atoms. The molecule has 0 heterocycles. The number of carbonyl (C=O) groups is 2. The molecule has 0 aliphatic heterocycles. The molecule has 62 heavy (non-hydrogen) atoms. The van der Waals surface area contributed by atoms with Gasteiger partial charge in [0.05, 0.1) is 25.2 Å². The lowest BCUT2D eigenvalue weighted by molar-refractivity contribution is -0.151. The van der Waals surface area contributed by atoms with E-state index in [-0.39, 0.29) is 24.9 Å². The number of rotatable bonds is 50. The summed E-state index contributed by atoms with van der Waals surface area (Å²) in [5.41, 5.74) is 0. The molecular formula is C56H107NO5. The van der Waals surface area contributed by atoms with Crippen LogP contribution < -0.4 is 5.32 Å². The van der Waals surface area contributed by atoms with Crippen molar-refractivity contribution in [3.63, 3.8) is 0 Å². The molecule has 366 valence electrons. The SMILES string of the molecule is CCCCCCCCC/C=C/C=C/CCCCCC(CC(=O)NC(CO)C(O)CCCCCCCCCCCCCCC)OC(=O)CCCCCCCCCCCCCCCC. The van der Waals surface area contributed by atoms with Crippen molar-refractivity contribution in [2.45, 2.75) is 315 Å². The van der Waals surface area contributed by atoms with E-state index in [0.717, 1.165) is 64.2 Å². The van der Waals surface area contributed by atoms with Gasteiger partial charge in [-0.05, 0) is 51.4 Å². The van der Waals surface area contributed by atoms with Crippen molar-refractivity contribution >= 4 is 11.9 Å². The quantitative estimate of drug-likeness (QED) is 0.0321. The molecule has 0 saturated carbocycles. The van der Waals surface area contributed by atoms with Gasteiger partial charge in [0, 0.05) is 6.42 Å². The Bertz CT molecular complexity index is 981. The fourth-order valence-corrected chi connectivity index (χ4v) is 8.60. The van der Waals surface area contributed by atoms with Crippen LogP contribution in [0.5, 0.6) is 0 Å². The topological polar surface area (TPSA) is 95.9 Å². The van der Waals surface area contributed by atoms with Crippen LogP contribution >= 0.6 is 0 Å². The molecule has 0 aromatic rings. The van der Waals surface area contributed by atoms with Crippen LogP contribution in [0.15, 0.2) is 24.3 Å². The van der Waals surface area contributed by atoms with Gasteiger partial charge in [0.15, 0.2) is 0 Å². The summed E-state index contributed by atoms with van der Waals surface area (Å²) in [5.74, 6) is -0.483. The molecule has 0 aromatic carbocycles. The number of aliphatic hydroxyl groups excluding tert-OH is 2. The van der Waals surface area contributed by atoms with Crippen molar-refractivity contribution in [1.29, 1.82) is 0 Å². The highest BCUT2D eigenvalue weighted by atomic mass is 16.5. The van der Waals surface area contributed by atoms with Gasteiger partial charge in [0.25, 0.3) is 0 Å². The number of hydrogen-bond donors (Lipinski definition) is 3. The van der Waals surface area contributed by atoms with Crippen molar-refractivity contribution in [2.75, 3.05) is 6.61 Å². The van der Waals surface area contributed by atoms with E-state index in [1.807, 2.05) is 0 Å². The van der Waals surface area contributed by atoms with Gasteiger partial charge in [-0.2, -0.15) is 0 Å². The Morgan fingerprint density at radius 2 is 0.806 bits per heavy atom. The Hall–Kier alpha value is -1.66. The van der Waals surface area contributed by atoms with E-state index in [0.29, 0.717) is 19.3 Å². The summed E-state index contributed by atoms with van der Waals surface area (Å²) in [5, 5.41) is 23.8. The molecule has 6 nitrogen and oxygen atoms in total. The second-order valence-electron chi connectivity index (χ2n) is 19.0. The van der Waals surface area contributed by atoms with Crippen molar-refractivity contribution in [3.05, 3.63) is 24.3 Å². The average molecular weight is 874 g/mol. The second-order valence-corrected chi connectivity index (χ2v) is 19.0. The van der Waals surface area contributed by atoms with E-state index < -0.39 is 18.2 Å². The predicted molar refractivity (Wildman–Crippen MR) is 269 cm³/mol. The summed E-state index contributed by atoms with van der Waals surface area (Å²) in [7, 11) is 0. The fraction of sp³-hybridized carbons (Fsp3) is 0.893. The van der Waals surface area contributed by atoms with Crippen LogP contribution in [0, 0.1) is 0 Å². The summed E-state index contributed by atoms with van der Waals surface area (Å²) in [6.45, 7) is 6.50. The molecule has 0 radical (unpaired) electrons. The molecule has 0 aliphatic rings. The molecule has 0 saturated heterocycles. The fourth-order valence-electron chi connectivity index (χ4n) is 8.60. The number of esters is 1. The lowest BCUT2D eigenvalue weighted by Gasteiger charge is -2.24. The number of nitrogens with one attached hydrogen (secondary N) is 1. The molecule has 0 aromatic heterocycles. The van der Waals surface area contributed by atoms with Gasteiger partial charge in [0.2, 0.25) is 5.91 Å². The number of unbranched alkanes of at least 4 members (excludes halogenated alkanes) is 35. The Morgan fingerprint density at radius 1 is 0.468 bits per heavy atom. The largest absolute Gasteiger partial charge is 0.462 e. The summed E-state index contributed by atoms with van der Waals surface area (Å²) in [4.78, 5) is 26.2. The van der Waals surface area contributed by atoms with Gasteiger partial charge < -0.3 is 20.3 Å². The standard InChI is InChI=1S/C56H107NO5/c1-4-7-10-13-16-19-22-25-27-28-30-32-35-38-41-44-47-52(62-56(61)49-46-43-40-37-34-31-26-23-20-17-14-11-8-5-2)50-55(60)57-53(51-58)54(59)48-45-42-39-36-33-29-24-21-18-15-12-9-6-3/h27-28,30,32,52-54,58-59H,4-26,29,31,33-51H2,1-3H3,(H,57,60)/b28-27+,32-30+. The summed E-state index contributed by atoms with van der Waals surface area (Å²) in [6, 6.07) is -0.705. The molecule has 0 fully saturated rings. The monoisotopic (exact) mass is 874 g/mol.